The standard InChI is InChI=1S/C20H19ClN6O3/c1-2-3-9-22-16(28)12-27-20(29)26-10-5-8-15(18(26)24-27)19-23-17(25-30-19)13-6-4-7-14(21)11-13/h4-8,10-11H,2-3,9,12H2,1H3,(H,22,28). The van der Waals surface area contributed by atoms with Crippen LogP contribution in [0.5, 0.6) is 0 Å². The highest BCUT2D eigenvalue weighted by molar-refractivity contribution is 6.30. The Balaban J connectivity index is 1.66. The van der Waals surface area contributed by atoms with Gasteiger partial charge in [-0.15, -0.1) is 5.10 Å². The van der Waals surface area contributed by atoms with Crippen molar-refractivity contribution in [3.8, 4) is 22.8 Å². The monoisotopic (exact) mass is 426 g/mol. The van der Waals surface area contributed by atoms with Crippen molar-refractivity contribution >= 4 is 23.2 Å². The Bertz CT molecular complexity index is 1260. The average Bonchev–Trinajstić information content (AvgIpc) is 3.34. The molecule has 0 spiro atoms. The van der Waals surface area contributed by atoms with Crippen LogP contribution >= 0.6 is 11.6 Å². The summed E-state index contributed by atoms with van der Waals surface area (Å²) in [7, 11) is 0. The summed E-state index contributed by atoms with van der Waals surface area (Å²) in [5.41, 5.74) is 1.09. The molecule has 0 aliphatic rings. The molecule has 4 rings (SSSR count). The van der Waals surface area contributed by atoms with E-state index in [-0.39, 0.29) is 18.3 Å². The van der Waals surface area contributed by atoms with Gasteiger partial charge in [0, 0.05) is 23.3 Å². The summed E-state index contributed by atoms with van der Waals surface area (Å²) in [5.74, 6) is 0.309. The van der Waals surface area contributed by atoms with Crippen LogP contribution in [0.3, 0.4) is 0 Å². The van der Waals surface area contributed by atoms with E-state index in [1.54, 1.807) is 36.5 Å². The molecular weight excluding hydrogens is 408 g/mol. The number of rotatable bonds is 7. The molecule has 3 aromatic heterocycles. The Morgan fingerprint density at radius 1 is 1.27 bits per heavy atom. The van der Waals surface area contributed by atoms with Gasteiger partial charge in [-0.1, -0.05) is 42.2 Å². The molecule has 9 nitrogen and oxygen atoms in total. The van der Waals surface area contributed by atoms with Crippen LogP contribution in [0.1, 0.15) is 19.8 Å². The number of nitrogens with zero attached hydrogens (tertiary/aromatic N) is 5. The molecule has 0 bridgehead atoms. The van der Waals surface area contributed by atoms with Gasteiger partial charge in [0.2, 0.25) is 11.7 Å². The molecule has 10 heteroatoms. The van der Waals surface area contributed by atoms with E-state index in [0.29, 0.717) is 34.2 Å². The lowest BCUT2D eigenvalue weighted by atomic mass is 10.2. The van der Waals surface area contributed by atoms with Crippen molar-refractivity contribution in [1.29, 1.82) is 0 Å². The second-order valence-corrected chi connectivity index (χ2v) is 7.13. The molecule has 1 N–H and O–H groups in total. The van der Waals surface area contributed by atoms with Gasteiger partial charge >= 0.3 is 5.69 Å². The SMILES string of the molecule is CCCCNC(=O)Cn1nc2c(-c3nc(-c4cccc(Cl)c4)no3)cccn2c1=O. The van der Waals surface area contributed by atoms with E-state index >= 15 is 0 Å². The first kappa shape index (κ1) is 19.8. The zero-order valence-electron chi connectivity index (χ0n) is 16.2. The topological polar surface area (TPSA) is 107 Å². The lowest BCUT2D eigenvalue weighted by molar-refractivity contribution is -0.121. The van der Waals surface area contributed by atoms with E-state index < -0.39 is 5.69 Å². The first-order valence-electron chi connectivity index (χ1n) is 9.51. The fourth-order valence-electron chi connectivity index (χ4n) is 2.98. The molecule has 30 heavy (non-hydrogen) atoms. The Morgan fingerprint density at radius 2 is 2.13 bits per heavy atom. The molecule has 0 aliphatic carbocycles. The number of aromatic nitrogens is 5. The third-order valence-corrected chi connectivity index (χ3v) is 4.73. The van der Waals surface area contributed by atoms with Crippen LogP contribution < -0.4 is 11.0 Å². The number of carbonyl (C=O) groups excluding carboxylic acids is 1. The minimum atomic E-state index is -0.424. The number of nitrogens with one attached hydrogen (secondary N) is 1. The van der Waals surface area contributed by atoms with Gasteiger partial charge in [-0.2, -0.15) is 4.98 Å². The molecule has 3 heterocycles. The van der Waals surface area contributed by atoms with Crippen LogP contribution in [-0.4, -0.2) is 36.8 Å². The van der Waals surface area contributed by atoms with Crippen LogP contribution in [0, 0.1) is 0 Å². The number of benzene rings is 1. The number of unbranched alkanes of at least 4 members (excludes halogenated alkanes) is 1. The fraction of sp³-hybridized carbons (Fsp3) is 0.250. The molecule has 154 valence electrons. The largest absolute Gasteiger partial charge is 0.354 e. The summed E-state index contributed by atoms with van der Waals surface area (Å²) in [6.07, 6.45) is 3.43. The van der Waals surface area contributed by atoms with Gasteiger partial charge in [-0.05, 0) is 30.7 Å². The minimum absolute atomic E-state index is 0.165. The third kappa shape index (κ3) is 3.97. The first-order chi connectivity index (χ1) is 14.6. The Morgan fingerprint density at radius 3 is 2.93 bits per heavy atom. The molecule has 0 fully saturated rings. The predicted octanol–water partition coefficient (Wildman–Crippen LogP) is 2.78. The maximum Gasteiger partial charge on any atom is 0.350 e. The number of halogens is 1. The summed E-state index contributed by atoms with van der Waals surface area (Å²) in [6.45, 7) is 2.44. The Hall–Kier alpha value is -3.46. The van der Waals surface area contributed by atoms with Gasteiger partial charge in [0.25, 0.3) is 5.89 Å². The van der Waals surface area contributed by atoms with Crippen molar-refractivity contribution in [1.82, 2.24) is 29.6 Å². The van der Waals surface area contributed by atoms with Crippen molar-refractivity contribution in [2.75, 3.05) is 6.54 Å². The van der Waals surface area contributed by atoms with Gasteiger partial charge in [-0.3, -0.25) is 4.79 Å². The molecule has 0 saturated carbocycles. The summed E-state index contributed by atoms with van der Waals surface area (Å²) in [4.78, 5) is 29.1. The lowest BCUT2D eigenvalue weighted by Gasteiger charge is -2.02. The molecule has 0 saturated heterocycles. The van der Waals surface area contributed by atoms with Gasteiger partial charge in [0.05, 0.1) is 5.56 Å². The maximum absolute atomic E-state index is 12.6. The number of pyridine rings is 1. The van der Waals surface area contributed by atoms with Gasteiger partial charge < -0.3 is 9.84 Å². The normalized spacial score (nSPS) is 11.1. The molecule has 0 radical (unpaired) electrons. The van der Waals surface area contributed by atoms with Gasteiger partial charge in [0.15, 0.2) is 5.65 Å². The number of hydrogen-bond acceptors (Lipinski definition) is 6. The van der Waals surface area contributed by atoms with Crippen molar-refractivity contribution in [3.05, 3.63) is 58.1 Å². The van der Waals surface area contributed by atoms with E-state index in [2.05, 4.69) is 20.6 Å². The van der Waals surface area contributed by atoms with Crippen LogP contribution in [0.2, 0.25) is 5.02 Å². The smallest absolute Gasteiger partial charge is 0.350 e. The maximum atomic E-state index is 12.6. The molecule has 4 aromatic rings. The van der Waals surface area contributed by atoms with Gasteiger partial charge in [-0.25, -0.2) is 13.9 Å². The van der Waals surface area contributed by atoms with Crippen molar-refractivity contribution < 1.29 is 9.32 Å². The molecular formula is C20H19ClN6O3. The van der Waals surface area contributed by atoms with E-state index in [1.807, 2.05) is 13.0 Å². The van der Waals surface area contributed by atoms with Crippen LogP contribution in [0.25, 0.3) is 28.5 Å². The zero-order chi connectivity index (χ0) is 21.1. The van der Waals surface area contributed by atoms with E-state index in [4.69, 9.17) is 16.1 Å². The molecule has 1 amide bonds. The van der Waals surface area contributed by atoms with Crippen molar-refractivity contribution in [2.24, 2.45) is 0 Å². The van der Waals surface area contributed by atoms with E-state index in [0.717, 1.165) is 17.5 Å². The number of amides is 1. The molecule has 0 aliphatic heterocycles. The minimum Gasteiger partial charge on any atom is -0.354 e. The Kier molecular flexibility index (Phi) is 5.62. The predicted molar refractivity (Wildman–Crippen MR) is 111 cm³/mol. The number of carbonyl (C=O) groups is 1. The average molecular weight is 427 g/mol. The van der Waals surface area contributed by atoms with Crippen LogP contribution in [0.15, 0.2) is 51.9 Å². The molecule has 0 unspecified atom stereocenters. The van der Waals surface area contributed by atoms with E-state index in [1.165, 1.54) is 4.40 Å². The highest BCUT2D eigenvalue weighted by Crippen LogP contribution is 2.25. The number of fused-ring (bicyclic) bond motifs is 1. The quantitative estimate of drug-likeness (QED) is 0.455. The second kappa shape index (κ2) is 8.50. The highest BCUT2D eigenvalue weighted by atomic mass is 35.5. The van der Waals surface area contributed by atoms with Crippen molar-refractivity contribution in [2.45, 2.75) is 26.3 Å². The fourth-order valence-corrected chi connectivity index (χ4v) is 3.17. The molecule has 1 aromatic carbocycles. The summed E-state index contributed by atoms with van der Waals surface area (Å²) in [6, 6.07) is 10.5. The van der Waals surface area contributed by atoms with E-state index in [9.17, 15) is 9.59 Å². The number of hydrogen-bond donors (Lipinski definition) is 1. The third-order valence-electron chi connectivity index (χ3n) is 4.49. The Labute approximate surface area is 176 Å². The van der Waals surface area contributed by atoms with Gasteiger partial charge in [0.1, 0.15) is 6.54 Å². The highest BCUT2D eigenvalue weighted by Gasteiger charge is 2.18. The van der Waals surface area contributed by atoms with Crippen LogP contribution in [0.4, 0.5) is 0 Å². The van der Waals surface area contributed by atoms with Crippen molar-refractivity contribution in [3.63, 3.8) is 0 Å². The van der Waals surface area contributed by atoms with Crippen LogP contribution in [-0.2, 0) is 11.3 Å². The lowest BCUT2D eigenvalue weighted by Crippen LogP contribution is -2.33. The summed E-state index contributed by atoms with van der Waals surface area (Å²) in [5, 5.41) is 11.6. The first-order valence-corrected chi connectivity index (χ1v) is 9.89. The summed E-state index contributed by atoms with van der Waals surface area (Å²) >= 11 is 6.03. The zero-order valence-corrected chi connectivity index (χ0v) is 17.0. The second-order valence-electron chi connectivity index (χ2n) is 6.69. The molecule has 0 atom stereocenters. The summed E-state index contributed by atoms with van der Waals surface area (Å²) < 4.78 is 7.87.